The number of halogens is 1. The first-order chi connectivity index (χ1) is 15.3. The highest BCUT2D eigenvalue weighted by Crippen LogP contribution is 2.22. The van der Waals surface area contributed by atoms with E-state index in [0.29, 0.717) is 22.9 Å². The number of carbonyl (C=O) groups is 3. The molecule has 2 aromatic heterocycles. The number of aromatic amines is 1. The van der Waals surface area contributed by atoms with Crippen LogP contribution in [0.5, 0.6) is 11.6 Å². The van der Waals surface area contributed by atoms with Crippen molar-refractivity contribution in [2.45, 2.75) is 26.8 Å². The van der Waals surface area contributed by atoms with Crippen molar-refractivity contribution in [3.05, 3.63) is 76.5 Å². The normalized spacial score (nSPS) is 10.5. The largest absolute Gasteiger partial charge is 0.465 e. The van der Waals surface area contributed by atoms with Gasteiger partial charge in [-0.25, -0.2) is 14.2 Å². The molecule has 166 valence electrons. The second kappa shape index (κ2) is 9.86. The Kier molecular flexibility index (Phi) is 6.99. The summed E-state index contributed by atoms with van der Waals surface area (Å²) >= 11 is 0. The van der Waals surface area contributed by atoms with Gasteiger partial charge in [-0.15, -0.1) is 0 Å². The Morgan fingerprint density at radius 1 is 1.16 bits per heavy atom. The van der Waals surface area contributed by atoms with E-state index in [0.717, 1.165) is 5.56 Å². The quantitative estimate of drug-likeness (QED) is 0.411. The molecule has 32 heavy (non-hydrogen) atoms. The van der Waals surface area contributed by atoms with Gasteiger partial charge in [-0.05, 0) is 48.4 Å². The van der Waals surface area contributed by atoms with Crippen molar-refractivity contribution >= 4 is 17.7 Å². The lowest BCUT2D eigenvalue weighted by atomic mass is 10.1. The predicted molar refractivity (Wildman–Crippen MR) is 113 cm³/mol. The number of ether oxygens (including phenoxy) is 2. The van der Waals surface area contributed by atoms with Crippen LogP contribution in [0.15, 0.2) is 42.6 Å². The molecule has 3 aromatic rings. The molecule has 1 aromatic carbocycles. The highest BCUT2D eigenvalue weighted by Gasteiger charge is 2.24. The van der Waals surface area contributed by atoms with E-state index in [1.54, 1.807) is 19.1 Å². The minimum atomic E-state index is -0.620. The number of nitrogens with one attached hydrogen (secondary N) is 2. The third kappa shape index (κ3) is 5.37. The van der Waals surface area contributed by atoms with Crippen LogP contribution in [-0.2, 0) is 22.5 Å². The van der Waals surface area contributed by atoms with Crippen LogP contribution in [0.1, 0.15) is 44.6 Å². The molecule has 1 amide bonds. The maximum Gasteiger partial charge on any atom is 0.339 e. The fourth-order valence-corrected chi connectivity index (χ4v) is 3.18. The molecule has 3 rings (SSSR count). The SMILES string of the molecule is COC(=O)c1c(CC(=O)NCc2ccnc(Oc3ccc(F)cc3)c2)[nH]c(C(C)=O)c1C. The molecule has 2 heterocycles. The first-order valence-electron chi connectivity index (χ1n) is 9.74. The van der Waals surface area contributed by atoms with Gasteiger partial charge in [0.15, 0.2) is 5.78 Å². The van der Waals surface area contributed by atoms with Gasteiger partial charge in [0.2, 0.25) is 11.8 Å². The van der Waals surface area contributed by atoms with Crippen molar-refractivity contribution in [1.82, 2.24) is 15.3 Å². The topological polar surface area (TPSA) is 110 Å². The number of amides is 1. The zero-order valence-corrected chi connectivity index (χ0v) is 17.8. The molecule has 8 nitrogen and oxygen atoms in total. The summed E-state index contributed by atoms with van der Waals surface area (Å²) in [5.41, 5.74) is 1.94. The molecule has 0 unspecified atom stereocenters. The Morgan fingerprint density at radius 3 is 2.53 bits per heavy atom. The van der Waals surface area contributed by atoms with Crippen LogP contribution in [0, 0.1) is 12.7 Å². The summed E-state index contributed by atoms with van der Waals surface area (Å²) in [5, 5.41) is 2.76. The monoisotopic (exact) mass is 439 g/mol. The molecular formula is C23H22FN3O5. The maximum atomic E-state index is 13.0. The first kappa shape index (κ1) is 22.7. The summed E-state index contributed by atoms with van der Waals surface area (Å²) in [6.07, 6.45) is 1.39. The van der Waals surface area contributed by atoms with Gasteiger partial charge in [0.05, 0.1) is 24.8 Å². The number of esters is 1. The van der Waals surface area contributed by atoms with E-state index in [9.17, 15) is 18.8 Å². The van der Waals surface area contributed by atoms with Gasteiger partial charge in [0.1, 0.15) is 11.6 Å². The molecule has 0 saturated heterocycles. The Labute approximate surface area is 183 Å². The van der Waals surface area contributed by atoms with Crippen LogP contribution in [0.4, 0.5) is 4.39 Å². The minimum absolute atomic E-state index is 0.136. The summed E-state index contributed by atoms with van der Waals surface area (Å²) in [7, 11) is 1.24. The van der Waals surface area contributed by atoms with Crippen molar-refractivity contribution in [1.29, 1.82) is 0 Å². The van der Waals surface area contributed by atoms with Gasteiger partial charge in [-0.2, -0.15) is 0 Å². The lowest BCUT2D eigenvalue weighted by Gasteiger charge is -2.08. The first-order valence-corrected chi connectivity index (χ1v) is 9.74. The number of aromatic nitrogens is 2. The van der Waals surface area contributed by atoms with E-state index in [1.165, 1.54) is 44.5 Å². The Balaban J connectivity index is 1.66. The minimum Gasteiger partial charge on any atom is -0.465 e. The van der Waals surface area contributed by atoms with Crippen molar-refractivity contribution in [2.24, 2.45) is 0 Å². The molecule has 0 fully saturated rings. The maximum absolute atomic E-state index is 13.0. The fraction of sp³-hybridized carbons (Fsp3) is 0.217. The predicted octanol–water partition coefficient (Wildman–Crippen LogP) is 3.50. The third-order valence-electron chi connectivity index (χ3n) is 4.73. The fourth-order valence-electron chi connectivity index (χ4n) is 3.18. The number of methoxy groups -OCH3 is 1. The number of hydrogen-bond acceptors (Lipinski definition) is 6. The van der Waals surface area contributed by atoms with E-state index in [1.807, 2.05) is 0 Å². The van der Waals surface area contributed by atoms with E-state index < -0.39 is 5.97 Å². The number of pyridine rings is 1. The lowest BCUT2D eigenvalue weighted by molar-refractivity contribution is -0.120. The van der Waals surface area contributed by atoms with Crippen LogP contribution >= 0.6 is 0 Å². The number of benzene rings is 1. The Bertz CT molecular complexity index is 1150. The zero-order valence-electron chi connectivity index (χ0n) is 17.8. The van der Waals surface area contributed by atoms with Gasteiger partial charge in [0.25, 0.3) is 0 Å². The molecule has 0 radical (unpaired) electrons. The molecule has 0 atom stereocenters. The lowest BCUT2D eigenvalue weighted by Crippen LogP contribution is -2.25. The van der Waals surface area contributed by atoms with E-state index in [4.69, 9.17) is 9.47 Å². The highest BCUT2D eigenvalue weighted by molar-refractivity contribution is 6.01. The summed E-state index contributed by atoms with van der Waals surface area (Å²) in [4.78, 5) is 43.4. The van der Waals surface area contributed by atoms with Gasteiger partial charge >= 0.3 is 5.97 Å². The summed E-state index contributed by atoms with van der Waals surface area (Å²) in [6, 6.07) is 8.89. The molecule has 0 aliphatic rings. The van der Waals surface area contributed by atoms with Crippen molar-refractivity contribution in [3.8, 4) is 11.6 Å². The van der Waals surface area contributed by atoms with Crippen LogP contribution in [0.3, 0.4) is 0 Å². The summed E-state index contributed by atoms with van der Waals surface area (Å²) in [6.45, 7) is 3.19. The zero-order chi connectivity index (χ0) is 23.3. The number of H-pyrrole nitrogens is 1. The standard InChI is InChI=1S/C23H22FN3O5/c1-13-21(23(30)31-3)18(27-22(13)14(2)28)11-19(29)26-12-15-8-9-25-20(10-15)32-17-6-4-16(24)5-7-17/h4-10,27H,11-12H2,1-3H3,(H,26,29). The third-order valence-corrected chi connectivity index (χ3v) is 4.73. The molecule has 0 aliphatic carbocycles. The van der Waals surface area contributed by atoms with Gasteiger partial charge < -0.3 is 19.8 Å². The summed E-state index contributed by atoms with van der Waals surface area (Å²) in [5.74, 6) is -0.870. The number of rotatable bonds is 8. The van der Waals surface area contributed by atoms with E-state index in [2.05, 4.69) is 15.3 Å². The smallest absolute Gasteiger partial charge is 0.339 e. The van der Waals surface area contributed by atoms with Gasteiger partial charge in [0, 0.05) is 31.4 Å². The molecule has 2 N–H and O–H groups in total. The number of Topliss-reactive ketones (excluding diaryl/α,β-unsaturated/α-hetero) is 1. The van der Waals surface area contributed by atoms with Gasteiger partial charge in [-0.1, -0.05) is 0 Å². The molecule has 0 bridgehead atoms. The molecule has 0 saturated carbocycles. The van der Waals surface area contributed by atoms with Crippen LogP contribution in [0.25, 0.3) is 0 Å². The number of nitrogens with zero attached hydrogens (tertiary/aromatic N) is 1. The highest BCUT2D eigenvalue weighted by atomic mass is 19.1. The molecule has 0 spiro atoms. The van der Waals surface area contributed by atoms with Crippen molar-refractivity contribution in [3.63, 3.8) is 0 Å². The van der Waals surface area contributed by atoms with E-state index in [-0.39, 0.29) is 41.7 Å². The Morgan fingerprint density at radius 2 is 1.88 bits per heavy atom. The number of carbonyl (C=O) groups excluding carboxylic acids is 3. The Hall–Kier alpha value is -4.01. The number of hydrogen-bond donors (Lipinski definition) is 2. The van der Waals surface area contributed by atoms with Gasteiger partial charge in [-0.3, -0.25) is 9.59 Å². The molecular weight excluding hydrogens is 417 g/mol. The number of ketones is 1. The molecule has 0 aliphatic heterocycles. The average molecular weight is 439 g/mol. The second-order valence-electron chi connectivity index (χ2n) is 7.04. The second-order valence-corrected chi connectivity index (χ2v) is 7.04. The molecule has 9 heteroatoms. The van der Waals surface area contributed by atoms with E-state index >= 15 is 0 Å². The summed E-state index contributed by atoms with van der Waals surface area (Å²) < 4.78 is 23.4. The van der Waals surface area contributed by atoms with Crippen molar-refractivity contribution < 1.29 is 28.2 Å². The van der Waals surface area contributed by atoms with Crippen LogP contribution in [0.2, 0.25) is 0 Å². The van der Waals surface area contributed by atoms with Crippen molar-refractivity contribution in [2.75, 3.05) is 7.11 Å². The van der Waals surface area contributed by atoms with Crippen LogP contribution in [-0.4, -0.2) is 34.7 Å². The average Bonchev–Trinajstić information content (AvgIpc) is 3.09. The van der Waals surface area contributed by atoms with Crippen LogP contribution < -0.4 is 10.1 Å².